The SMILES string of the molecule is CCC(=CC1CCC(C)O1)CNC(C)(C)C. The Bertz CT molecular complexity index is 240. The van der Waals surface area contributed by atoms with Crippen LogP contribution in [0.25, 0.3) is 0 Å². The standard InChI is InChI=1S/C14H27NO/c1-6-12(10-15-14(3,4)5)9-13-8-7-11(2)16-13/h9,11,13,15H,6-8,10H2,1-5H3. The molecule has 16 heavy (non-hydrogen) atoms. The van der Waals surface area contributed by atoms with Crippen molar-refractivity contribution in [1.29, 1.82) is 0 Å². The van der Waals surface area contributed by atoms with Crippen LogP contribution >= 0.6 is 0 Å². The molecular formula is C14H27NO. The highest BCUT2D eigenvalue weighted by Gasteiger charge is 2.20. The van der Waals surface area contributed by atoms with Crippen molar-refractivity contribution in [1.82, 2.24) is 5.32 Å². The summed E-state index contributed by atoms with van der Waals surface area (Å²) >= 11 is 0. The molecule has 0 aromatic carbocycles. The zero-order valence-corrected chi connectivity index (χ0v) is 11.5. The Morgan fingerprint density at radius 2 is 2.06 bits per heavy atom. The first-order valence-electron chi connectivity index (χ1n) is 6.51. The molecule has 2 heteroatoms. The largest absolute Gasteiger partial charge is 0.371 e. The quantitative estimate of drug-likeness (QED) is 0.741. The lowest BCUT2D eigenvalue weighted by Gasteiger charge is -2.22. The van der Waals surface area contributed by atoms with Crippen molar-refractivity contribution in [2.75, 3.05) is 6.54 Å². The van der Waals surface area contributed by atoms with E-state index in [1.54, 1.807) is 0 Å². The van der Waals surface area contributed by atoms with Gasteiger partial charge in [-0.05, 0) is 47.0 Å². The van der Waals surface area contributed by atoms with Gasteiger partial charge in [0.1, 0.15) is 0 Å². The van der Waals surface area contributed by atoms with Crippen LogP contribution in [0, 0.1) is 0 Å². The highest BCUT2D eigenvalue weighted by Crippen LogP contribution is 2.21. The summed E-state index contributed by atoms with van der Waals surface area (Å²) in [5.74, 6) is 0. The van der Waals surface area contributed by atoms with E-state index in [9.17, 15) is 0 Å². The predicted octanol–water partition coefficient (Wildman–Crippen LogP) is 3.28. The molecule has 0 amide bonds. The summed E-state index contributed by atoms with van der Waals surface area (Å²) in [6.45, 7) is 12.0. The lowest BCUT2D eigenvalue weighted by Crippen LogP contribution is -2.37. The third-order valence-corrected chi connectivity index (χ3v) is 2.99. The first kappa shape index (κ1) is 13.7. The van der Waals surface area contributed by atoms with E-state index >= 15 is 0 Å². The van der Waals surface area contributed by atoms with E-state index in [0.29, 0.717) is 12.2 Å². The van der Waals surface area contributed by atoms with Crippen LogP contribution in [-0.2, 0) is 4.74 Å². The van der Waals surface area contributed by atoms with Crippen molar-refractivity contribution in [2.24, 2.45) is 0 Å². The van der Waals surface area contributed by atoms with Gasteiger partial charge < -0.3 is 10.1 Å². The first-order valence-corrected chi connectivity index (χ1v) is 6.51. The van der Waals surface area contributed by atoms with Crippen LogP contribution in [0.4, 0.5) is 0 Å². The maximum atomic E-state index is 5.82. The fraction of sp³-hybridized carbons (Fsp3) is 0.857. The van der Waals surface area contributed by atoms with Crippen LogP contribution in [0.15, 0.2) is 11.6 Å². The average Bonchev–Trinajstić information content (AvgIpc) is 2.57. The second-order valence-corrected chi connectivity index (χ2v) is 5.84. The summed E-state index contributed by atoms with van der Waals surface area (Å²) in [4.78, 5) is 0. The van der Waals surface area contributed by atoms with Gasteiger partial charge in [-0.25, -0.2) is 0 Å². The smallest absolute Gasteiger partial charge is 0.0763 e. The van der Waals surface area contributed by atoms with Crippen LogP contribution in [0.3, 0.4) is 0 Å². The fourth-order valence-electron chi connectivity index (χ4n) is 1.90. The number of ether oxygens (including phenoxy) is 1. The van der Waals surface area contributed by atoms with Crippen molar-refractivity contribution in [3.05, 3.63) is 11.6 Å². The molecule has 0 aliphatic carbocycles. The van der Waals surface area contributed by atoms with Crippen molar-refractivity contribution in [3.63, 3.8) is 0 Å². The normalized spacial score (nSPS) is 27.4. The lowest BCUT2D eigenvalue weighted by molar-refractivity contribution is 0.0827. The minimum Gasteiger partial charge on any atom is -0.371 e. The van der Waals surface area contributed by atoms with Crippen LogP contribution in [0.2, 0.25) is 0 Å². The van der Waals surface area contributed by atoms with Crippen LogP contribution < -0.4 is 5.32 Å². The average molecular weight is 225 g/mol. The van der Waals surface area contributed by atoms with E-state index in [0.717, 1.165) is 13.0 Å². The van der Waals surface area contributed by atoms with E-state index in [-0.39, 0.29) is 5.54 Å². The van der Waals surface area contributed by atoms with Crippen LogP contribution in [0.5, 0.6) is 0 Å². The van der Waals surface area contributed by atoms with Gasteiger partial charge >= 0.3 is 0 Å². The number of hydrogen-bond donors (Lipinski definition) is 1. The van der Waals surface area contributed by atoms with Gasteiger partial charge in [0.05, 0.1) is 12.2 Å². The van der Waals surface area contributed by atoms with Crippen LogP contribution in [-0.4, -0.2) is 24.3 Å². The molecule has 1 aliphatic rings. The van der Waals surface area contributed by atoms with Crippen molar-refractivity contribution >= 4 is 0 Å². The Morgan fingerprint density at radius 3 is 2.50 bits per heavy atom. The molecule has 1 rings (SSSR count). The third-order valence-electron chi connectivity index (χ3n) is 2.99. The Balaban J connectivity index is 2.44. The second kappa shape index (κ2) is 5.83. The Labute approximate surface area is 100 Å². The Morgan fingerprint density at radius 1 is 1.38 bits per heavy atom. The molecule has 0 spiro atoms. The van der Waals surface area contributed by atoms with Gasteiger partial charge in [0.15, 0.2) is 0 Å². The molecule has 1 aliphatic heterocycles. The van der Waals surface area contributed by atoms with E-state index in [4.69, 9.17) is 4.74 Å². The molecule has 2 unspecified atom stereocenters. The topological polar surface area (TPSA) is 21.3 Å². The number of nitrogens with one attached hydrogen (secondary N) is 1. The van der Waals surface area contributed by atoms with Gasteiger partial charge in [-0.1, -0.05) is 18.6 Å². The molecule has 2 nitrogen and oxygen atoms in total. The highest BCUT2D eigenvalue weighted by atomic mass is 16.5. The lowest BCUT2D eigenvalue weighted by atomic mass is 10.1. The monoisotopic (exact) mass is 225 g/mol. The molecule has 94 valence electrons. The van der Waals surface area contributed by atoms with Crippen molar-refractivity contribution < 1.29 is 4.74 Å². The molecule has 0 saturated carbocycles. The maximum Gasteiger partial charge on any atom is 0.0763 e. The van der Waals surface area contributed by atoms with E-state index in [1.807, 2.05) is 0 Å². The van der Waals surface area contributed by atoms with Gasteiger partial charge in [-0.15, -0.1) is 0 Å². The number of hydrogen-bond acceptors (Lipinski definition) is 2. The second-order valence-electron chi connectivity index (χ2n) is 5.84. The Hall–Kier alpha value is -0.340. The van der Waals surface area contributed by atoms with Gasteiger partial charge in [-0.2, -0.15) is 0 Å². The molecule has 1 saturated heterocycles. The molecule has 0 aromatic rings. The predicted molar refractivity (Wildman–Crippen MR) is 69.7 cm³/mol. The molecule has 1 N–H and O–H groups in total. The van der Waals surface area contributed by atoms with Crippen LogP contribution in [0.1, 0.15) is 53.9 Å². The van der Waals surface area contributed by atoms with Gasteiger partial charge in [0, 0.05) is 12.1 Å². The molecule has 2 atom stereocenters. The molecular weight excluding hydrogens is 198 g/mol. The minimum atomic E-state index is 0.193. The Kier molecular flexibility index (Phi) is 5.00. The zero-order chi connectivity index (χ0) is 12.2. The van der Waals surface area contributed by atoms with Gasteiger partial charge in [0.2, 0.25) is 0 Å². The summed E-state index contributed by atoms with van der Waals surface area (Å²) in [6, 6.07) is 0. The first-order chi connectivity index (χ1) is 7.40. The molecule has 1 fully saturated rings. The van der Waals surface area contributed by atoms with Crippen molar-refractivity contribution in [2.45, 2.75) is 71.6 Å². The van der Waals surface area contributed by atoms with E-state index in [1.165, 1.54) is 18.4 Å². The van der Waals surface area contributed by atoms with Gasteiger partial charge in [-0.3, -0.25) is 0 Å². The summed E-state index contributed by atoms with van der Waals surface area (Å²) in [6.07, 6.45) is 6.60. The number of rotatable bonds is 4. The maximum absolute atomic E-state index is 5.82. The highest BCUT2D eigenvalue weighted by molar-refractivity contribution is 5.08. The third kappa shape index (κ3) is 5.13. The molecule has 0 aromatic heterocycles. The molecule has 0 radical (unpaired) electrons. The summed E-state index contributed by atoms with van der Waals surface area (Å²) in [7, 11) is 0. The molecule has 0 bridgehead atoms. The minimum absolute atomic E-state index is 0.193. The zero-order valence-electron chi connectivity index (χ0n) is 11.5. The van der Waals surface area contributed by atoms with E-state index in [2.05, 4.69) is 46.0 Å². The summed E-state index contributed by atoms with van der Waals surface area (Å²) < 4.78 is 5.82. The van der Waals surface area contributed by atoms with E-state index < -0.39 is 0 Å². The fourth-order valence-corrected chi connectivity index (χ4v) is 1.90. The van der Waals surface area contributed by atoms with Crippen molar-refractivity contribution in [3.8, 4) is 0 Å². The summed E-state index contributed by atoms with van der Waals surface area (Å²) in [5.41, 5.74) is 1.66. The molecule has 1 heterocycles. The van der Waals surface area contributed by atoms with Gasteiger partial charge in [0.25, 0.3) is 0 Å². The summed E-state index contributed by atoms with van der Waals surface area (Å²) in [5, 5.41) is 3.53.